The number of piperidine rings is 1. The average Bonchev–Trinajstić information content (AvgIpc) is 3.29. The van der Waals surface area contributed by atoms with E-state index in [1.54, 1.807) is 24.8 Å². The molecular weight excluding hydrogens is 524 g/mol. The number of halogens is 2. The molecule has 2 heterocycles. The first kappa shape index (κ1) is 26.3. The summed E-state index contributed by atoms with van der Waals surface area (Å²) in [7, 11) is 1.49. The summed E-state index contributed by atoms with van der Waals surface area (Å²) in [6.45, 7) is 7.35. The maximum Gasteiger partial charge on any atom is 0.191 e. The van der Waals surface area contributed by atoms with Crippen molar-refractivity contribution < 1.29 is 9.13 Å². The van der Waals surface area contributed by atoms with Gasteiger partial charge in [-0.05, 0) is 50.3 Å². The lowest BCUT2D eigenvalue weighted by atomic mass is 10.0. The van der Waals surface area contributed by atoms with Crippen molar-refractivity contribution in [1.29, 1.82) is 0 Å². The van der Waals surface area contributed by atoms with Crippen LogP contribution in [0.15, 0.2) is 35.8 Å². The van der Waals surface area contributed by atoms with Gasteiger partial charge in [-0.3, -0.25) is 9.89 Å². The Kier molecular flexibility index (Phi) is 11.7. The fourth-order valence-corrected chi connectivity index (χ4v) is 3.75. The number of aromatic nitrogens is 3. The monoisotopic (exact) mass is 559 g/mol. The molecule has 178 valence electrons. The van der Waals surface area contributed by atoms with Crippen molar-refractivity contribution in [2.75, 3.05) is 33.3 Å². The zero-order valence-corrected chi connectivity index (χ0v) is 21.3. The molecule has 2 N–H and O–H groups in total. The van der Waals surface area contributed by atoms with E-state index in [0.717, 1.165) is 76.5 Å². The number of likely N-dealkylation sites (tertiary alicyclic amines) is 1. The van der Waals surface area contributed by atoms with Crippen LogP contribution in [0.4, 0.5) is 4.39 Å². The molecule has 0 unspecified atom stereocenters. The highest BCUT2D eigenvalue weighted by molar-refractivity contribution is 14.0. The van der Waals surface area contributed by atoms with Crippen molar-refractivity contribution >= 4 is 29.9 Å². The summed E-state index contributed by atoms with van der Waals surface area (Å²) in [5, 5.41) is 14.6. The zero-order chi connectivity index (χ0) is 21.9. The van der Waals surface area contributed by atoms with Crippen LogP contribution < -0.4 is 15.4 Å². The molecule has 0 amide bonds. The van der Waals surface area contributed by atoms with Gasteiger partial charge in [-0.25, -0.2) is 4.39 Å². The Morgan fingerprint density at radius 3 is 2.62 bits per heavy atom. The van der Waals surface area contributed by atoms with Gasteiger partial charge in [0.15, 0.2) is 17.5 Å². The molecule has 0 saturated carbocycles. The summed E-state index contributed by atoms with van der Waals surface area (Å²) in [4.78, 5) is 7.10. The molecule has 3 rings (SSSR count). The second-order valence-corrected chi connectivity index (χ2v) is 7.83. The summed E-state index contributed by atoms with van der Waals surface area (Å²) in [5.74, 6) is 0.882. The molecule has 0 bridgehead atoms. The van der Waals surface area contributed by atoms with E-state index in [9.17, 15) is 4.39 Å². The van der Waals surface area contributed by atoms with E-state index in [-0.39, 0.29) is 29.8 Å². The normalized spacial score (nSPS) is 15.3. The van der Waals surface area contributed by atoms with Crippen molar-refractivity contribution in [3.63, 3.8) is 0 Å². The number of hydrogen-bond donors (Lipinski definition) is 2. The molecule has 2 aromatic rings. The number of ether oxygens (including phenoxy) is 1. The van der Waals surface area contributed by atoms with Gasteiger partial charge in [0.25, 0.3) is 0 Å². The van der Waals surface area contributed by atoms with Crippen LogP contribution in [-0.2, 0) is 13.1 Å². The van der Waals surface area contributed by atoms with E-state index in [2.05, 4.69) is 32.7 Å². The summed E-state index contributed by atoms with van der Waals surface area (Å²) in [6.07, 6.45) is 7.63. The number of unbranched alkanes of at least 4 members (excludes halogenated alkanes) is 1. The van der Waals surface area contributed by atoms with Gasteiger partial charge in [0.1, 0.15) is 12.7 Å². The molecule has 0 spiro atoms. The number of benzene rings is 1. The molecule has 8 nitrogen and oxygen atoms in total. The highest BCUT2D eigenvalue weighted by Gasteiger charge is 2.20. The Balaban J connectivity index is 0.00000363. The number of rotatable bonds is 10. The van der Waals surface area contributed by atoms with Crippen LogP contribution in [0.2, 0.25) is 0 Å². The topological polar surface area (TPSA) is 79.6 Å². The van der Waals surface area contributed by atoms with E-state index in [1.165, 1.54) is 7.11 Å². The number of guanidine groups is 1. The van der Waals surface area contributed by atoms with E-state index in [0.29, 0.717) is 11.8 Å². The lowest BCUT2D eigenvalue weighted by Crippen LogP contribution is -2.48. The van der Waals surface area contributed by atoms with Crippen LogP contribution in [0.1, 0.15) is 38.2 Å². The molecule has 1 saturated heterocycles. The van der Waals surface area contributed by atoms with E-state index in [1.807, 2.05) is 10.6 Å². The van der Waals surface area contributed by atoms with Crippen molar-refractivity contribution in [3.05, 3.63) is 42.2 Å². The highest BCUT2D eigenvalue weighted by Crippen LogP contribution is 2.20. The van der Waals surface area contributed by atoms with Crippen molar-refractivity contribution in [1.82, 2.24) is 30.3 Å². The fourth-order valence-electron chi connectivity index (χ4n) is 3.75. The van der Waals surface area contributed by atoms with Gasteiger partial charge in [-0.1, -0.05) is 6.07 Å². The maximum absolute atomic E-state index is 13.9. The van der Waals surface area contributed by atoms with E-state index in [4.69, 9.17) is 9.73 Å². The van der Waals surface area contributed by atoms with Gasteiger partial charge < -0.3 is 19.9 Å². The van der Waals surface area contributed by atoms with Gasteiger partial charge in [0.05, 0.1) is 7.11 Å². The van der Waals surface area contributed by atoms with Crippen molar-refractivity contribution in [2.45, 2.75) is 51.7 Å². The van der Waals surface area contributed by atoms with Crippen molar-refractivity contribution in [2.24, 2.45) is 4.99 Å². The first-order valence-electron chi connectivity index (χ1n) is 11.1. The first-order valence-corrected chi connectivity index (χ1v) is 11.1. The Hall–Kier alpha value is -1.95. The van der Waals surface area contributed by atoms with E-state index >= 15 is 0 Å². The SMILES string of the molecule is CCNC(=NCCCCn1cnnc1)NC1CCN(Cc2ccc(OC)c(F)c2)CC1.I. The number of aryl methyl sites for hydroxylation is 1. The molecule has 0 atom stereocenters. The molecule has 1 aliphatic rings. The fraction of sp³-hybridized carbons (Fsp3) is 0.591. The Morgan fingerprint density at radius 2 is 1.97 bits per heavy atom. The van der Waals surface area contributed by atoms with Crippen LogP contribution >= 0.6 is 24.0 Å². The zero-order valence-electron chi connectivity index (χ0n) is 19.0. The molecule has 0 aliphatic carbocycles. The van der Waals surface area contributed by atoms with Crippen LogP contribution in [0.3, 0.4) is 0 Å². The number of methoxy groups -OCH3 is 1. The van der Waals surface area contributed by atoms with Crippen LogP contribution in [0, 0.1) is 5.82 Å². The third-order valence-electron chi connectivity index (χ3n) is 5.46. The summed E-state index contributed by atoms with van der Waals surface area (Å²) in [5.41, 5.74) is 0.978. The number of hydrogen-bond acceptors (Lipinski definition) is 5. The van der Waals surface area contributed by atoms with Gasteiger partial charge >= 0.3 is 0 Å². The molecule has 1 aromatic heterocycles. The standard InChI is InChI=1S/C22H34FN7O.HI/c1-3-24-22(25-10-4-5-11-30-16-26-27-17-30)28-19-8-12-29(13-9-19)15-18-6-7-21(31-2)20(23)14-18;/h6-7,14,16-17,19H,3-5,8-13,15H2,1-2H3,(H2,24,25,28);1H. The van der Waals surface area contributed by atoms with Gasteiger partial charge in [-0.15, -0.1) is 34.2 Å². The smallest absolute Gasteiger partial charge is 0.191 e. The molecule has 1 aliphatic heterocycles. The largest absolute Gasteiger partial charge is 0.494 e. The van der Waals surface area contributed by atoms with Crippen LogP contribution in [0.5, 0.6) is 5.75 Å². The third-order valence-corrected chi connectivity index (χ3v) is 5.46. The lowest BCUT2D eigenvalue weighted by molar-refractivity contribution is 0.198. The minimum absolute atomic E-state index is 0. The van der Waals surface area contributed by atoms with Gasteiger partial charge in [-0.2, -0.15) is 0 Å². The van der Waals surface area contributed by atoms with Crippen molar-refractivity contribution in [3.8, 4) is 5.75 Å². The Morgan fingerprint density at radius 1 is 1.22 bits per heavy atom. The van der Waals surface area contributed by atoms with E-state index < -0.39 is 0 Å². The molecule has 0 radical (unpaired) electrons. The first-order chi connectivity index (χ1) is 15.2. The maximum atomic E-state index is 13.9. The number of nitrogens with zero attached hydrogens (tertiary/aromatic N) is 5. The predicted octanol–water partition coefficient (Wildman–Crippen LogP) is 3.04. The molecule has 1 aromatic carbocycles. The minimum Gasteiger partial charge on any atom is -0.494 e. The summed E-state index contributed by atoms with van der Waals surface area (Å²) < 4.78 is 20.9. The minimum atomic E-state index is -0.301. The lowest BCUT2D eigenvalue weighted by Gasteiger charge is -2.33. The van der Waals surface area contributed by atoms with Crippen LogP contribution in [0.25, 0.3) is 0 Å². The van der Waals surface area contributed by atoms with Gasteiger partial charge in [0.2, 0.25) is 0 Å². The second kappa shape index (κ2) is 14.2. The number of aliphatic imine (C=N–C) groups is 1. The quantitative estimate of drug-likeness (QED) is 0.202. The molecule has 32 heavy (non-hydrogen) atoms. The molecule has 10 heteroatoms. The number of nitrogens with one attached hydrogen (secondary N) is 2. The van der Waals surface area contributed by atoms with Crippen LogP contribution in [-0.4, -0.2) is 65.0 Å². The third kappa shape index (κ3) is 8.53. The Bertz CT molecular complexity index is 811. The summed E-state index contributed by atoms with van der Waals surface area (Å²) >= 11 is 0. The highest BCUT2D eigenvalue weighted by atomic mass is 127. The summed E-state index contributed by atoms with van der Waals surface area (Å²) in [6, 6.07) is 5.61. The Labute approximate surface area is 207 Å². The van der Waals surface area contributed by atoms with Gasteiger partial charge in [0, 0.05) is 45.3 Å². The molecule has 1 fully saturated rings. The second-order valence-electron chi connectivity index (χ2n) is 7.83. The predicted molar refractivity (Wildman–Crippen MR) is 135 cm³/mol. The average molecular weight is 559 g/mol. The molecular formula is C22H35FIN7O.